The molecule has 1 aromatic heterocycles. The summed E-state index contributed by atoms with van der Waals surface area (Å²) in [6, 6.07) is 7.95. The number of aromatic nitrogens is 1. The van der Waals surface area contributed by atoms with Crippen LogP contribution in [-0.2, 0) is 11.0 Å². The van der Waals surface area contributed by atoms with Gasteiger partial charge in [-0.15, -0.1) is 0 Å². The number of benzene rings is 1. The Bertz CT molecular complexity index is 983. The van der Waals surface area contributed by atoms with Crippen molar-refractivity contribution in [2.45, 2.75) is 25.2 Å². The van der Waals surface area contributed by atoms with E-state index in [1.165, 1.54) is 30.3 Å². The van der Waals surface area contributed by atoms with Crippen LogP contribution < -0.4 is 15.5 Å². The number of carbonyl (C=O) groups excluding carboxylic acids is 2. The Kier molecular flexibility index (Phi) is 7.13. The van der Waals surface area contributed by atoms with Gasteiger partial charge in [-0.05, 0) is 37.1 Å². The molecular weight excluding hydrogens is 454 g/mol. The summed E-state index contributed by atoms with van der Waals surface area (Å²) in [6.45, 7) is -0.737. The molecule has 6 nitrogen and oxygen atoms in total. The number of piperidine rings is 1. The molecule has 1 saturated heterocycles. The molecule has 2 amide bonds. The number of nitrogens with one attached hydrogen (secondary N) is 2. The molecule has 12 heteroatoms. The molecular formula is C21H20F6N4O2. The van der Waals surface area contributed by atoms with Gasteiger partial charge >= 0.3 is 12.4 Å². The molecule has 2 aromatic rings. The zero-order valence-corrected chi connectivity index (χ0v) is 17.1. The van der Waals surface area contributed by atoms with E-state index in [0.717, 1.165) is 12.3 Å². The summed E-state index contributed by atoms with van der Waals surface area (Å²) >= 11 is 0. The monoisotopic (exact) mass is 474 g/mol. The summed E-state index contributed by atoms with van der Waals surface area (Å²) in [6.07, 6.45) is -7.51. The second-order valence-corrected chi connectivity index (χ2v) is 7.50. The summed E-state index contributed by atoms with van der Waals surface area (Å²) < 4.78 is 75.2. The Morgan fingerprint density at radius 2 is 1.67 bits per heavy atom. The lowest BCUT2D eigenvalue weighted by Crippen LogP contribution is -2.39. The van der Waals surface area contributed by atoms with Gasteiger partial charge in [0.2, 0.25) is 5.91 Å². The average Bonchev–Trinajstić information content (AvgIpc) is 2.77. The molecule has 33 heavy (non-hydrogen) atoms. The van der Waals surface area contributed by atoms with E-state index in [0.29, 0.717) is 31.7 Å². The van der Waals surface area contributed by atoms with Crippen LogP contribution in [0.2, 0.25) is 0 Å². The molecule has 0 unspecified atom stereocenters. The van der Waals surface area contributed by atoms with Gasteiger partial charge in [-0.2, -0.15) is 26.3 Å². The summed E-state index contributed by atoms with van der Waals surface area (Å²) in [5, 5.41) is 4.37. The van der Waals surface area contributed by atoms with Gasteiger partial charge in [-0.25, -0.2) is 4.98 Å². The van der Waals surface area contributed by atoms with Crippen LogP contribution in [-0.4, -0.2) is 42.6 Å². The number of halogens is 6. The van der Waals surface area contributed by atoms with E-state index >= 15 is 0 Å². The fourth-order valence-electron chi connectivity index (χ4n) is 3.41. The Balaban J connectivity index is 1.58. The first-order valence-corrected chi connectivity index (χ1v) is 9.97. The van der Waals surface area contributed by atoms with Gasteiger partial charge in [0.1, 0.15) is 12.4 Å². The van der Waals surface area contributed by atoms with Crippen molar-refractivity contribution < 1.29 is 35.9 Å². The molecule has 1 aliphatic rings. The fraction of sp³-hybridized carbons (Fsp3) is 0.381. The third-order valence-electron chi connectivity index (χ3n) is 5.14. The molecule has 0 spiro atoms. The third kappa shape index (κ3) is 6.59. The SMILES string of the molecule is O=C(NCC(F)(F)F)c1ccccc1NC(=O)C1CCN(c2ccc(C(F)(F)F)cn2)CC1. The molecule has 0 aliphatic carbocycles. The van der Waals surface area contributed by atoms with Crippen molar-refractivity contribution >= 4 is 23.3 Å². The molecule has 0 radical (unpaired) electrons. The van der Waals surface area contributed by atoms with Gasteiger partial charge < -0.3 is 15.5 Å². The first kappa shape index (κ1) is 24.3. The highest BCUT2D eigenvalue weighted by atomic mass is 19.4. The fourth-order valence-corrected chi connectivity index (χ4v) is 3.41. The molecule has 1 fully saturated rings. The van der Waals surface area contributed by atoms with E-state index < -0.39 is 42.2 Å². The number of anilines is 2. The van der Waals surface area contributed by atoms with Crippen molar-refractivity contribution in [3.05, 3.63) is 53.7 Å². The first-order valence-electron chi connectivity index (χ1n) is 9.97. The minimum atomic E-state index is -4.57. The van der Waals surface area contributed by atoms with E-state index in [9.17, 15) is 35.9 Å². The Labute approximate surface area is 185 Å². The highest BCUT2D eigenvalue weighted by molar-refractivity contribution is 6.04. The number of alkyl halides is 6. The van der Waals surface area contributed by atoms with Gasteiger partial charge in [0.15, 0.2) is 0 Å². The molecule has 0 saturated carbocycles. The number of para-hydroxylation sites is 1. The Morgan fingerprint density at radius 1 is 1.00 bits per heavy atom. The first-order chi connectivity index (χ1) is 15.4. The van der Waals surface area contributed by atoms with Crippen molar-refractivity contribution in [2.75, 3.05) is 29.9 Å². The Hall–Kier alpha value is -3.31. The lowest BCUT2D eigenvalue weighted by molar-refractivity contribution is -0.137. The van der Waals surface area contributed by atoms with Crippen molar-refractivity contribution in [1.82, 2.24) is 10.3 Å². The zero-order chi connectivity index (χ0) is 24.2. The van der Waals surface area contributed by atoms with Crippen LogP contribution >= 0.6 is 0 Å². The van der Waals surface area contributed by atoms with Crippen molar-refractivity contribution in [3.63, 3.8) is 0 Å². The second-order valence-electron chi connectivity index (χ2n) is 7.50. The lowest BCUT2D eigenvalue weighted by atomic mass is 9.95. The van der Waals surface area contributed by atoms with Crippen LogP contribution in [0.15, 0.2) is 42.6 Å². The molecule has 1 aliphatic heterocycles. The summed E-state index contributed by atoms with van der Waals surface area (Å²) in [5.74, 6) is -1.44. The molecule has 2 heterocycles. The summed E-state index contributed by atoms with van der Waals surface area (Å²) in [5.41, 5.74) is -0.853. The summed E-state index contributed by atoms with van der Waals surface area (Å²) in [7, 11) is 0. The second kappa shape index (κ2) is 9.67. The standard InChI is InChI=1S/C21H20F6N4O2/c22-20(23,24)12-29-19(33)15-3-1-2-4-16(15)30-18(32)13-7-9-31(10-8-13)17-6-5-14(11-28-17)21(25,26)27/h1-6,11,13H,7-10,12H2,(H,29,33)(H,30,32). The minimum Gasteiger partial charge on any atom is -0.357 e. The van der Waals surface area contributed by atoms with Crippen LogP contribution in [0.3, 0.4) is 0 Å². The molecule has 1 aromatic carbocycles. The van der Waals surface area contributed by atoms with E-state index in [1.54, 1.807) is 10.2 Å². The molecule has 3 rings (SSSR count). The topological polar surface area (TPSA) is 74.3 Å². The normalized spacial score (nSPS) is 15.3. The van der Waals surface area contributed by atoms with E-state index in [1.807, 2.05) is 0 Å². The van der Waals surface area contributed by atoms with E-state index in [-0.39, 0.29) is 11.3 Å². The molecule has 2 N–H and O–H groups in total. The van der Waals surface area contributed by atoms with Gasteiger partial charge in [0, 0.05) is 25.2 Å². The van der Waals surface area contributed by atoms with Crippen LogP contribution in [0, 0.1) is 5.92 Å². The number of hydrogen-bond acceptors (Lipinski definition) is 4. The van der Waals surface area contributed by atoms with Crippen molar-refractivity contribution in [2.24, 2.45) is 5.92 Å². The lowest BCUT2D eigenvalue weighted by Gasteiger charge is -2.32. The third-order valence-corrected chi connectivity index (χ3v) is 5.14. The van der Waals surface area contributed by atoms with Crippen molar-refractivity contribution in [3.8, 4) is 0 Å². The number of pyridine rings is 1. The smallest absolute Gasteiger partial charge is 0.357 e. The average molecular weight is 474 g/mol. The quantitative estimate of drug-likeness (QED) is 0.636. The predicted molar refractivity (Wildman–Crippen MR) is 108 cm³/mol. The van der Waals surface area contributed by atoms with Crippen molar-refractivity contribution in [1.29, 1.82) is 0 Å². The number of amides is 2. The van der Waals surface area contributed by atoms with Crippen LogP contribution in [0.1, 0.15) is 28.8 Å². The number of hydrogen-bond donors (Lipinski definition) is 2. The largest absolute Gasteiger partial charge is 0.417 e. The minimum absolute atomic E-state index is 0.0917. The van der Waals surface area contributed by atoms with Gasteiger partial charge in [-0.3, -0.25) is 9.59 Å². The number of carbonyl (C=O) groups is 2. The number of rotatable bonds is 5. The van der Waals surface area contributed by atoms with Crippen LogP contribution in [0.4, 0.5) is 37.8 Å². The van der Waals surface area contributed by atoms with Gasteiger partial charge in [0.05, 0.1) is 16.8 Å². The molecule has 0 bridgehead atoms. The predicted octanol–water partition coefficient (Wildman–Crippen LogP) is 4.25. The Morgan fingerprint density at radius 3 is 2.24 bits per heavy atom. The van der Waals surface area contributed by atoms with E-state index in [2.05, 4.69) is 10.3 Å². The maximum Gasteiger partial charge on any atom is 0.417 e. The maximum absolute atomic E-state index is 12.7. The molecule has 0 atom stereocenters. The van der Waals surface area contributed by atoms with Gasteiger partial charge in [0.25, 0.3) is 5.91 Å². The van der Waals surface area contributed by atoms with Crippen LogP contribution in [0.25, 0.3) is 0 Å². The highest BCUT2D eigenvalue weighted by Crippen LogP contribution is 2.30. The highest BCUT2D eigenvalue weighted by Gasteiger charge is 2.32. The van der Waals surface area contributed by atoms with E-state index in [4.69, 9.17) is 0 Å². The summed E-state index contributed by atoms with van der Waals surface area (Å²) in [4.78, 5) is 30.4. The molecule has 178 valence electrons. The van der Waals surface area contributed by atoms with Crippen LogP contribution in [0.5, 0.6) is 0 Å². The zero-order valence-electron chi connectivity index (χ0n) is 17.1. The number of nitrogens with zero attached hydrogens (tertiary/aromatic N) is 2. The maximum atomic E-state index is 12.7. The van der Waals surface area contributed by atoms with Gasteiger partial charge in [-0.1, -0.05) is 12.1 Å².